The Balaban J connectivity index is 0.00000729. The van der Waals surface area contributed by atoms with Gasteiger partial charge in [-0.05, 0) is 25.7 Å². The molecule has 1 saturated heterocycles. The third-order valence-electron chi connectivity index (χ3n) is 6.50. The van der Waals surface area contributed by atoms with E-state index in [9.17, 15) is 0 Å². The van der Waals surface area contributed by atoms with Crippen molar-refractivity contribution < 1.29 is 33.2 Å². The number of ether oxygens (including phenoxy) is 1. The number of hydrogen-bond donors (Lipinski definition) is 0. The average molecular weight is 510 g/mol. The van der Waals surface area contributed by atoms with Crippen molar-refractivity contribution in [2.24, 2.45) is 0 Å². The second kappa shape index (κ2) is 19.6. The van der Waals surface area contributed by atoms with Gasteiger partial charge in [-0.3, -0.25) is 0 Å². The van der Waals surface area contributed by atoms with Gasteiger partial charge in [0.15, 0.2) is 0 Å². The highest BCUT2D eigenvalue weighted by Gasteiger charge is 2.28. The molecule has 0 aromatic heterocycles. The fraction of sp³-hybridized carbons (Fsp3) is 1.00. The highest BCUT2D eigenvalue weighted by atomic mass is 127. The Morgan fingerprint density at radius 1 is 0.607 bits per heavy atom. The van der Waals surface area contributed by atoms with Crippen LogP contribution < -0.4 is 24.0 Å². The fourth-order valence-electron chi connectivity index (χ4n) is 4.28. The first-order valence-electron chi connectivity index (χ1n) is 12.7. The number of quaternary nitrogens is 1. The summed E-state index contributed by atoms with van der Waals surface area (Å²) in [5.41, 5.74) is 0. The van der Waals surface area contributed by atoms with E-state index in [1.165, 1.54) is 133 Å². The topological polar surface area (TPSA) is 12.5 Å². The fourth-order valence-corrected chi connectivity index (χ4v) is 4.28. The summed E-state index contributed by atoms with van der Waals surface area (Å²) in [5, 5.41) is 0. The molecule has 0 spiro atoms. The molecule has 3 heteroatoms. The molecule has 170 valence electrons. The van der Waals surface area contributed by atoms with Gasteiger partial charge in [0.25, 0.3) is 0 Å². The Morgan fingerprint density at radius 3 is 1.32 bits per heavy atom. The summed E-state index contributed by atoms with van der Waals surface area (Å²) >= 11 is 0. The van der Waals surface area contributed by atoms with Gasteiger partial charge >= 0.3 is 0 Å². The molecule has 1 unspecified atom stereocenters. The van der Waals surface area contributed by atoms with Crippen LogP contribution in [0.2, 0.25) is 0 Å². The number of hydrogen-bond acceptors (Lipinski definition) is 1. The molecule has 0 radical (unpaired) electrons. The zero-order valence-corrected chi connectivity index (χ0v) is 21.8. The number of rotatable bonds is 21. The molecule has 1 atom stereocenters. The van der Waals surface area contributed by atoms with E-state index in [0.717, 1.165) is 6.61 Å². The van der Waals surface area contributed by atoms with Gasteiger partial charge in [0, 0.05) is 6.42 Å². The summed E-state index contributed by atoms with van der Waals surface area (Å²) in [5.74, 6) is 0. The molecule has 2 nitrogen and oxygen atoms in total. The van der Waals surface area contributed by atoms with Crippen molar-refractivity contribution in [3.8, 4) is 0 Å². The van der Waals surface area contributed by atoms with E-state index >= 15 is 0 Å². The summed E-state index contributed by atoms with van der Waals surface area (Å²) in [6, 6.07) is 0. The van der Waals surface area contributed by atoms with Gasteiger partial charge in [-0.15, -0.1) is 0 Å². The normalized spacial score (nSPS) is 16.2. The lowest BCUT2D eigenvalue weighted by molar-refractivity contribution is -0.910. The quantitative estimate of drug-likeness (QED) is 0.0961. The maximum atomic E-state index is 5.47. The van der Waals surface area contributed by atoms with Gasteiger partial charge in [0.1, 0.15) is 0 Å². The minimum absolute atomic E-state index is 0. The Kier molecular flexibility index (Phi) is 20.1. The summed E-state index contributed by atoms with van der Waals surface area (Å²) in [4.78, 5) is 0. The lowest BCUT2D eigenvalue weighted by Gasteiger charge is -2.35. The van der Waals surface area contributed by atoms with Crippen molar-refractivity contribution >= 4 is 0 Å². The Labute approximate surface area is 195 Å². The minimum Gasteiger partial charge on any atom is -1.00 e. The van der Waals surface area contributed by atoms with Crippen LogP contribution in [0.5, 0.6) is 0 Å². The summed E-state index contributed by atoms with van der Waals surface area (Å²) in [6.07, 6.45) is 24.8. The first-order chi connectivity index (χ1) is 13.2. The second-order valence-electron chi connectivity index (χ2n) is 9.48. The van der Waals surface area contributed by atoms with Crippen LogP contribution in [-0.2, 0) is 4.74 Å². The molecule has 1 heterocycles. The number of unbranched alkanes of at least 4 members (excludes halogenated alkanes) is 14. The van der Waals surface area contributed by atoms with E-state index in [1.807, 2.05) is 0 Å². The van der Waals surface area contributed by atoms with Crippen LogP contribution in [0.25, 0.3) is 0 Å². The standard InChI is InChI=1S/C25H52NO.HI/c1-4-6-8-10-12-14-16-18-21-26(3,23-20-25-24-27-25)22-19-17-15-13-11-9-7-5-2;/h25H,4-24H2,1-3H3;1H/q+1;/p-1. The monoisotopic (exact) mass is 509 g/mol. The van der Waals surface area contributed by atoms with E-state index < -0.39 is 0 Å². The predicted octanol–water partition coefficient (Wildman–Crippen LogP) is 4.51. The first kappa shape index (κ1) is 28.6. The maximum Gasteiger partial charge on any atom is 0.0863 e. The Hall–Kier alpha value is 0.650. The first-order valence-corrected chi connectivity index (χ1v) is 12.7. The summed E-state index contributed by atoms with van der Waals surface area (Å²) in [7, 11) is 2.52. The van der Waals surface area contributed by atoms with Gasteiger partial charge in [-0.2, -0.15) is 0 Å². The minimum atomic E-state index is 0. The third-order valence-corrected chi connectivity index (χ3v) is 6.50. The van der Waals surface area contributed by atoms with Crippen molar-refractivity contribution in [3.63, 3.8) is 0 Å². The lowest BCUT2D eigenvalue weighted by Crippen LogP contribution is -3.00. The SMILES string of the molecule is CCCCCCCCCC[N+](C)(CCCCCCCCCC)CCC1CO1.[I-]. The van der Waals surface area contributed by atoms with Crippen molar-refractivity contribution in [3.05, 3.63) is 0 Å². The van der Waals surface area contributed by atoms with E-state index in [0.29, 0.717) is 6.10 Å². The van der Waals surface area contributed by atoms with Gasteiger partial charge in [0.2, 0.25) is 0 Å². The van der Waals surface area contributed by atoms with Crippen LogP contribution in [-0.4, -0.2) is 43.9 Å². The molecule has 1 rings (SSSR count). The van der Waals surface area contributed by atoms with Crippen molar-refractivity contribution in [1.29, 1.82) is 0 Å². The highest BCUT2D eigenvalue weighted by molar-refractivity contribution is 4.68. The highest BCUT2D eigenvalue weighted by Crippen LogP contribution is 2.19. The second-order valence-corrected chi connectivity index (χ2v) is 9.48. The smallest absolute Gasteiger partial charge is 0.0863 e. The number of halogens is 1. The van der Waals surface area contributed by atoms with Crippen molar-refractivity contribution in [1.82, 2.24) is 0 Å². The summed E-state index contributed by atoms with van der Waals surface area (Å²) in [6.45, 7) is 9.74. The zero-order chi connectivity index (χ0) is 19.6. The van der Waals surface area contributed by atoms with Crippen LogP contribution in [0.3, 0.4) is 0 Å². The molecule has 28 heavy (non-hydrogen) atoms. The van der Waals surface area contributed by atoms with E-state index in [4.69, 9.17) is 4.74 Å². The molecule has 0 aromatic carbocycles. The van der Waals surface area contributed by atoms with Crippen LogP contribution in [0.4, 0.5) is 0 Å². The molecule has 0 N–H and O–H groups in total. The van der Waals surface area contributed by atoms with Gasteiger partial charge in [0.05, 0.1) is 39.4 Å². The molecule has 1 fully saturated rings. The van der Waals surface area contributed by atoms with E-state index in [1.54, 1.807) is 0 Å². The average Bonchev–Trinajstić information content (AvgIpc) is 3.49. The third kappa shape index (κ3) is 17.5. The van der Waals surface area contributed by atoms with E-state index in [-0.39, 0.29) is 24.0 Å². The lowest BCUT2D eigenvalue weighted by atomic mass is 10.1. The van der Waals surface area contributed by atoms with Gasteiger partial charge in [-0.25, -0.2) is 0 Å². The van der Waals surface area contributed by atoms with Crippen LogP contribution in [0.1, 0.15) is 123 Å². The van der Waals surface area contributed by atoms with Crippen LogP contribution >= 0.6 is 0 Å². The van der Waals surface area contributed by atoms with Crippen molar-refractivity contribution in [2.75, 3.05) is 33.3 Å². The maximum absolute atomic E-state index is 5.47. The Bertz CT molecular complexity index is 300. The molecule has 0 bridgehead atoms. The Morgan fingerprint density at radius 2 is 0.964 bits per heavy atom. The van der Waals surface area contributed by atoms with Crippen molar-refractivity contribution in [2.45, 2.75) is 129 Å². The summed E-state index contributed by atoms with van der Waals surface area (Å²) < 4.78 is 6.77. The zero-order valence-electron chi connectivity index (χ0n) is 19.7. The number of epoxide rings is 1. The molecular formula is C25H52INO. The van der Waals surface area contributed by atoms with Crippen LogP contribution in [0, 0.1) is 0 Å². The molecule has 1 aliphatic heterocycles. The molecular weight excluding hydrogens is 457 g/mol. The largest absolute Gasteiger partial charge is 1.00 e. The molecule has 0 aliphatic carbocycles. The van der Waals surface area contributed by atoms with Crippen LogP contribution in [0.15, 0.2) is 0 Å². The van der Waals surface area contributed by atoms with E-state index in [2.05, 4.69) is 20.9 Å². The van der Waals surface area contributed by atoms with Gasteiger partial charge in [-0.1, -0.05) is 90.9 Å². The van der Waals surface area contributed by atoms with Gasteiger partial charge < -0.3 is 33.2 Å². The number of nitrogens with zero attached hydrogens (tertiary/aromatic N) is 1. The molecule has 1 aliphatic rings. The molecule has 0 aromatic rings. The molecule has 0 saturated carbocycles. The molecule has 0 amide bonds. The predicted molar refractivity (Wildman–Crippen MR) is 120 cm³/mol.